The average molecular weight is 686 g/mol. The fourth-order valence-corrected chi connectivity index (χ4v) is 9.17. The molecule has 0 aliphatic rings. The highest BCUT2D eigenvalue weighted by molar-refractivity contribution is 6.30. The van der Waals surface area contributed by atoms with E-state index in [1.54, 1.807) is 0 Å². The third-order valence-corrected chi connectivity index (χ3v) is 11.5. The quantitative estimate of drug-likeness (QED) is 0.163. The number of nitrogens with zero attached hydrogens (tertiary/aromatic N) is 1. The summed E-state index contributed by atoms with van der Waals surface area (Å²) in [6, 6.07) is 71.4. The van der Waals surface area contributed by atoms with E-state index < -0.39 is 0 Å². The molecule has 0 amide bonds. The van der Waals surface area contributed by atoms with Crippen LogP contribution in [0.15, 0.2) is 194 Å². The molecule has 1 nitrogen and oxygen atoms in total. The van der Waals surface area contributed by atoms with Crippen molar-refractivity contribution in [3.8, 4) is 39.1 Å². The minimum absolute atomic E-state index is 1.17. The van der Waals surface area contributed by atoms with Crippen LogP contribution in [0.4, 0.5) is 0 Å². The number of hydrogen-bond donors (Lipinski definition) is 0. The first-order valence-corrected chi connectivity index (χ1v) is 18.8. The Bertz CT molecular complexity index is 3180. The Labute approximate surface area is 314 Å². The lowest BCUT2D eigenvalue weighted by Gasteiger charge is -2.18. The molecule has 54 heavy (non-hydrogen) atoms. The van der Waals surface area contributed by atoms with Crippen LogP contribution in [-0.4, -0.2) is 4.57 Å². The van der Waals surface area contributed by atoms with Crippen LogP contribution in [0.3, 0.4) is 0 Å². The van der Waals surface area contributed by atoms with E-state index >= 15 is 0 Å². The van der Waals surface area contributed by atoms with E-state index in [1.165, 1.54) is 110 Å². The minimum Gasteiger partial charge on any atom is -0.309 e. The molecule has 0 unspecified atom stereocenters. The van der Waals surface area contributed by atoms with Crippen LogP contribution in [0, 0.1) is 6.92 Å². The van der Waals surface area contributed by atoms with Crippen LogP contribution in [0.2, 0.25) is 0 Å². The van der Waals surface area contributed by atoms with Gasteiger partial charge >= 0.3 is 0 Å². The van der Waals surface area contributed by atoms with Crippen molar-refractivity contribution in [2.45, 2.75) is 6.92 Å². The number of fused-ring (bicyclic) bond motifs is 9. The molecule has 0 aliphatic heterocycles. The van der Waals surface area contributed by atoms with Gasteiger partial charge in [0, 0.05) is 16.5 Å². The summed E-state index contributed by atoms with van der Waals surface area (Å²) in [6.07, 6.45) is 0. The molecule has 0 aliphatic carbocycles. The van der Waals surface area contributed by atoms with Crippen LogP contribution in [-0.2, 0) is 0 Å². The van der Waals surface area contributed by atoms with E-state index in [0.717, 1.165) is 0 Å². The second-order valence-electron chi connectivity index (χ2n) is 14.5. The highest BCUT2D eigenvalue weighted by Crippen LogP contribution is 2.46. The Morgan fingerprint density at radius 2 is 0.704 bits per heavy atom. The summed E-state index contributed by atoms with van der Waals surface area (Å²) < 4.78 is 2.47. The molecule has 1 heterocycles. The van der Waals surface area contributed by atoms with E-state index in [-0.39, 0.29) is 0 Å². The molecule has 0 bridgehead atoms. The Balaban J connectivity index is 1.17. The van der Waals surface area contributed by atoms with Gasteiger partial charge in [-0.15, -0.1) is 0 Å². The molecule has 10 aromatic carbocycles. The van der Waals surface area contributed by atoms with Gasteiger partial charge in [-0.2, -0.15) is 0 Å². The van der Waals surface area contributed by atoms with E-state index in [4.69, 9.17) is 0 Å². The second kappa shape index (κ2) is 12.0. The zero-order valence-corrected chi connectivity index (χ0v) is 29.9. The molecule has 1 aromatic heterocycles. The van der Waals surface area contributed by atoms with Crippen LogP contribution in [0.1, 0.15) is 5.56 Å². The van der Waals surface area contributed by atoms with Crippen molar-refractivity contribution in [3.63, 3.8) is 0 Å². The molecule has 0 spiro atoms. The highest BCUT2D eigenvalue weighted by atomic mass is 15.0. The Morgan fingerprint density at radius 3 is 1.26 bits per heavy atom. The van der Waals surface area contributed by atoms with Crippen molar-refractivity contribution in [2.75, 3.05) is 0 Å². The lowest BCUT2D eigenvalue weighted by molar-refractivity contribution is 1.18. The lowest BCUT2D eigenvalue weighted by atomic mass is 9.85. The Hall–Kier alpha value is -6.96. The molecule has 0 saturated carbocycles. The van der Waals surface area contributed by atoms with Gasteiger partial charge in [-0.3, -0.25) is 0 Å². The third kappa shape index (κ3) is 4.52. The maximum atomic E-state index is 2.47. The van der Waals surface area contributed by atoms with Gasteiger partial charge in [-0.05, 0) is 113 Å². The van der Waals surface area contributed by atoms with Crippen LogP contribution in [0.25, 0.3) is 104 Å². The van der Waals surface area contributed by atoms with Crippen LogP contribution in [0.5, 0.6) is 0 Å². The van der Waals surface area contributed by atoms with Gasteiger partial charge in [0.1, 0.15) is 0 Å². The largest absolute Gasteiger partial charge is 0.309 e. The maximum absolute atomic E-state index is 2.47. The Morgan fingerprint density at radius 1 is 0.315 bits per heavy atom. The normalized spacial score (nSPS) is 11.8. The van der Waals surface area contributed by atoms with Crippen molar-refractivity contribution in [1.29, 1.82) is 0 Å². The number of para-hydroxylation sites is 1. The predicted octanol–water partition coefficient (Wildman–Crippen LogP) is 14.7. The first-order valence-electron chi connectivity index (χ1n) is 18.8. The summed E-state index contributed by atoms with van der Waals surface area (Å²) in [5, 5.41) is 12.8. The van der Waals surface area contributed by atoms with Gasteiger partial charge in [0.15, 0.2) is 0 Å². The number of aromatic nitrogens is 1. The summed E-state index contributed by atoms with van der Waals surface area (Å²) in [7, 11) is 0. The SMILES string of the molecule is Cc1cc2c(c3ccccc13)c1c3ccccc3c(-c3ccc(-c4c5ccccc5c(-c5ccccc5)c5ccccc45)cc3)cc1n2-c1ccccc1. The zero-order chi connectivity index (χ0) is 35.8. The van der Waals surface area contributed by atoms with Crippen molar-refractivity contribution in [1.82, 2.24) is 4.57 Å². The molecule has 0 fully saturated rings. The molecule has 0 atom stereocenters. The van der Waals surface area contributed by atoms with Gasteiger partial charge in [-0.1, -0.05) is 170 Å². The van der Waals surface area contributed by atoms with Gasteiger partial charge < -0.3 is 4.57 Å². The van der Waals surface area contributed by atoms with Crippen LogP contribution >= 0.6 is 0 Å². The zero-order valence-electron chi connectivity index (χ0n) is 29.9. The fraction of sp³-hybridized carbons (Fsp3) is 0.0189. The van der Waals surface area contributed by atoms with Gasteiger partial charge in [-0.25, -0.2) is 0 Å². The van der Waals surface area contributed by atoms with Crippen molar-refractivity contribution in [3.05, 3.63) is 200 Å². The molecule has 1 heteroatoms. The standard InChI is InChI=1S/C53H35N/c1-34-32-48-52(41-22-10-8-20-39(34)41)53-42-23-11-9-21-40(42)47(33-49(53)54(48)38-18-6-3-7-19-38)35-28-30-37(31-29-35)51-45-26-14-12-24-43(45)50(36-16-4-2-5-17-36)44-25-13-15-27-46(44)51/h2-33H,1H3. The third-order valence-electron chi connectivity index (χ3n) is 11.5. The van der Waals surface area contributed by atoms with E-state index in [1.807, 2.05) is 0 Å². The summed E-state index contributed by atoms with van der Waals surface area (Å²) in [4.78, 5) is 0. The summed E-state index contributed by atoms with van der Waals surface area (Å²) in [5.41, 5.74) is 12.4. The topological polar surface area (TPSA) is 4.93 Å². The Kier molecular flexibility index (Phi) is 6.84. The van der Waals surface area contributed by atoms with E-state index in [9.17, 15) is 0 Å². The van der Waals surface area contributed by atoms with Gasteiger partial charge in [0.2, 0.25) is 0 Å². The lowest BCUT2D eigenvalue weighted by Crippen LogP contribution is -1.94. The molecular formula is C53H35N. The minimum atomic E-state index is 1.17. The highest BCUT2D eigenvalue weighted by Gasteiger charge is 2.21. The van der Waals surface area contributed by atoms with Crippen molar-refractivity contribution in [2.24, 2.45) is 0 Å². The molecule has 11 rings (SSSR count). The number of benzene rings is 10. The molecule has 11 aromatic rings. The summed E-state index contributed by atoms with van der Waals surface area (Å²) >= 11 is 0. The van der Waals surface area contributed by atoms with E-state index in [2.05, 4.69) is 206 Å². The van der Waals surface area contributed by atoms with Gasteiger partial charge in [0.25, 0.3) is 0 Å². The van der Waals surface area contributed by atoms with Crippen molar-refractivity contribution >= 4 is 64.9 Å². The molecule has 252 valence electrons. The average Bonchev–Trinajstić information content (AvgIpc) is 3.57. The predicted molar refractivity (Wildman–Crippen MR) is 232 cm³/mol. The number of aryl methyl sites for hydroxylation is 1. The molecular weight excluding hydrogens is 651 g/mol. The molecule has 0 radical (unpaired) electrons. The first-order chi connectivity index (χ1) is 26.7. The maximum Gasteiger partial charge on any atom is 0.0553 e. The second-order valence-corrected chi connectivity index (χ2v) is 14.5. The number of rotatable bonds is 4. The molecule has 0 N–H and O–H groups in total. The molecule has 0 saturated heterocycles. The smallest absolute Gasteiger partial charge is 0.0553 e. The van der Waals surface area contributed by atoms with Crippen LogP contribution < -0.4 is 0 Å². The summed E-state index contributed by atoms with van der Waals surface area (Å²) in [5.74, 6) is 0. The summed E-state index contributed by atoms with van der Waals surface area (Å²) in [6.45, 7) is 2.24. The van der Waals surface area contributed by atoms with Gasteiger partial charge in [0.05, 0.1) is 11.0 Å². The monoisotopic (exact) mass is 685 g/mol. The number of hydrogen-bond acceptors (Lipinski definition) is 0. The first kappa shape index (κ1) is 30.6. The fourth-order valence-electron chi connectivity index (χ4n) is 9.17. The van der Waals surface area contributed by atoms with Crippen molar-refractivity contribution < 1.29 is 0 Å². The van der Waals surface area contributed by atoms with E-state index in [0.29, 0.717) is 0 Å².